The fourth-order valence-electron chi connectivity index (χ4n) is 4.15. The third kappa shape index (κ3) is 6.96. The lowest BCUT2D eigenvalue weighted by molar-refractivity contribution is 0.128. The standard InChI is InChI=1S/C25H37FN4O2S/c1-4-17-33-29(6-3)16-15-27-22-18-28-30(23-10-8-7-9-21(23)26)25(31)24(22)32-20-13-11-19(5-2)12-14-20/h7-10,18-20,27H,4-6,11-17H2,1-3H3. The Balaban J connectivity index is 1.81. The number of nitrogens with one attached hydrogen (secondary N) is 1. The summed E-state index contributed by atoms with van der Waals surface area (Å²) in [7, 11) is 0. The van der Waals surface area contributed by atoms with Gasteiger partial charge in [-0.2, -0.15) is 9.78 Å². The average Bonchev–Trinajstić information content (AvgIpc) is 2.84. The van der Waals surface area contributed by atoms with Crippen molar-refractivity contribution in [1.82, 2.24) is 14.1 Å². The Kier molecular flexibility index (Phi) is 10.1. The minimum atomic E-state index is -0.492. The first-order valence-electron chi connectivity index (χ1n) is 12.2. The molecule has 0 aliphatic heterocycles. The Morgan fingerprint density at radius 3 is 2.64 bits per heavy atom. The molecule has 1 fully saturated rings. The van der Waals surface area contributed by atoms with Gasteiger partial charge in [0.2, 0.25) is 5.75 Å². The topological polar surface area (TPSA) is 59.4 Å². The van der Waals surface area contributed by atoms with E-state index in [0.29, 0.717) is 12.2 Å². The second-order valence-corrected chi connectivity index (χ2v) is 9.69. The lowest BCUT2D eigenvalue weighted by atomic mass is 9.86. The van der Waals surface area contributed by atoms with Gasteiger partial charge in [-0.15, -0.1) is 0 Å². The molecule has 182 valence electrons. The smallest absolute Gasteiger partial charge is 0.316 e. The summed E-state index contributed by atoms with van der Waals surface area (Å²) in [6.07, 6.45) is 7.95. The summed E-state index contributed by atoms with van der Waals surface area (Å²) >= 11 is 1.84. The quantitative estimate of drug-likeness (QED) is 0.408. The number of hydrogen-bond donors (Lipinski definition) is 1. The Bertz CT molecular complexity index is 931. The molecule has 0 atom stereocenters. The molecule has 1 aliphatic rings. The maximum absolute atomic E-state index is 14.4. The molecule has 1 aromatic carbocycles. The molecule has 33 heavy (non-hydrogen) atoms. The van der Waals surface area contributed by atoms with Crippen LogP contribution in [0.3, 0.4) is 0 Å². The average molecular weight is 477 g/mol. The first-order valence-corrected chi connectivity index (χ1v) is 13.2. The van der Waals surface area contributed by atoms with Crippen molar-refractivity contribution in [2.75, 3.05) is 30.7 Å². The Morgan fingerprint density at radius 1 is 1.21 bits per heavy atom. The molecular weight excluding hydrogens is 439 g/mol. The molecule has 3 rings (SSSR count). The summed E-state index contributed by atoms with van der Waals surface area (Å²) in [4.78, 5) is 13.4. The lowest BCUT2D eigenvalue weighted by Crippen LogP contribution is -2.31. The first-order chi connectivity index (χ1) is 16.1. The number of rotatable bonds is 12. The number of anilines is 1. The molecule has 1 heterocycles. The number of para-hydroxylation sites is 1. The maximum atomic E-state index is 14.4. The van der Waals surface area contributed by atoms with Gasteiger partial charge >= 0.3 is 5.56 Å². The zero-order valence-electron chi connectivity index (χ0n) is 20.1. The van der Waals surface area contributed by atoms with E-state index < -0.39 is 11.4 Å². The molecule has 0 bridgehead atoms. The fraction of sp³-hybridized carbons (Fsp3) is 0.600. The highest BCUT2D eigenvalue weighted by Gasteiger charge is 2.25. The monoisotopic (exact) mass is 476 g/mol. The number of halogens is 1. The lowest BCUT2D eigenvalue weighted by Gasteiger charge is -2.29. The van der Waals surface area contributed by atoms with Crippen LogP contribution in [0.25, 0.3) is 5.69 Å². The van der Waals surface area contributed by atoms with Gasteiger partial charge in [0.05, 0.1) is 12.3 Å². The van der Waals surface area contributed by atoms with Crippen LogP contribution >= 0.6 is 11.9 Å². The fourth-order valence-corrected chi connectivity index (χ4v) is 4.99. The van der Waals surface area contributed by atoms with Crippen LogP contribution in [0.5, 0.6) is 5.75 Å². The predicted octanol–water partition coefficient (Wildman–Crippen LogP) is 5.51. The van der Waals surface area contributed by atoms with E-state index in [0.717, 1.165) is 61.5 Å². The molecule has 1 aliphatic carbocycles. The molecule has 0 spiro atoms. The molecule has 0 radical (unpaired) electrons. The van der Waals surface area contributed by atoms with Crippen LogP contribution in [0, 0.1) is 11.7 Å². The molecule has 2 aromatic rings. The van der Waals surface area contributed by atoms with Crippen molar-refractivity contribution < 1.29 is 9.13 Å². The molecule has 6 nitrogen and oxygen atoms in total. The Morgan fingerprint density at radius 2 is 1.97 bits per heavy atom. The highest BCUT2D eigenvalue weighted by atomic mass is 32.2. The number of likely N-dealkylation sites (N-methyl/N-ethyl adjacent to an activating group) is 1. The van der Waals surface area contributed by atoms with Gasteiger partial charge in [0, 0.05) is 25.4 Å². The van der Waals surface area contributed by atoms with E-state index in [9.17, 15) is 9.18 Å². The van der Waals surface area contributed by atoms with Crippen molar-refractivity contribution >= 4 is 17.6 Å². The zero-order chi connectivity index (χ0) is 23.6. The summed E-state index contributed by atoms with van der Waals surface area (Å²) in [5, 5.41) is 7.61. The number of hydrogen-bond acceptors (Lipinski definition) is 6. The van der Waals surface area contributed by atoms with Crippen molar-refractivity contribution in [3.8, 4) is 11.4 Å². The van der Waals surface area contributed by atoms with E-state index in [1.807, 2.05) is 11.9 Å². The van der Waals surface area contributed by atoms with Crippen molar-refractivity contribution in [3.63, 3.8) is 0 Å². The molecule has 1 aromatic heterocycles. The second kappa shape index (κ2) is 13.0. The van der Waals surface area contributed by atoms with E-state index in [1.54, 1.807) is 24.4 Å². The van der Waals surface area contributed by atoms with Gasteiger partial charge in [-0.25, -0.2) is 8.70 Å². The van der Waals surface area contributed by atoms with Crippen LogP contribution in [-0.4, -0.2) is 45.6 Å². The number of aromatic nitrogens is 2. The minimum Gasteiger partial charge on any atom is -0.483 e. The van der Waals surface area contributed by atoms with Crippen molar-refractivity contribution in [2.45, 2.75) is 65.4 Å². The Labute approximate surface area is 201 Å². The van der Waals surface area contributed by atoms with Crippen LogP contribution in [-0.2, 0) is 0 Å². The third-order valence-electron chi connectivity index (χ3n) is 6.18. The number of nitrogens with zero attached hydrogens (tertiary/aromatic N) is 3. The van der Waals surface area contributed by atoms with Gasteiger partial charge in [-0.3, -0.25) is 4.79 Å². The van der Waals surface area contributed by atoms with E-state index in [1.165, 1.54) is 12.5 Å². The minimum absolute atomic E-state index is 0.00947. The van der Waals surface area contributed by atoms with Gasteiger partial charge in [0.15, 0.2) is 0 Å². The molecule has 1 N–H and O–H groups in total. The summed E-state index contributed by atoms with van der Waals surface area (Å²) in [6.45, 7) is 8.98. The van der Waals surface area contributed by atoms with Gasteiger partial charge < -0.3 is 10.1 Å². The SMILES string of the molecule is CCCSN(CC)CCNc1cnn(-c2ccccc2F)c(=O)c1OC1CCC(CC)CC1. The highest BCUT2D eigenvalue weighted by molar-refractivity contribution is 7.97. The van der Waals surface area contributed by atoms with Crippen LogP contribution in [0.15, 0.2) is 35.3 Å². The summed E-state index contributed by atoms with van der Waals surface area (Å²) < 4.78 is 24.1. The largest absolute Gasteiger partial charge is 0.483 e. The van der Waals surface area contributed by atoms with Crippen LogP contribution in [0.4, 0.5) is 10.1 Å². The molecule has 1 saturated carbocycles. The van der Waals surface area contributed by atoms with Crippen LogP contribution in [0.1, 0.15) is 59.3 Å². The van der Waals surface area contributed by atoms with Crippen LogP contribution in [0.2, 0.25) is 0 Å². The molecule has 0 amide bonds. The van der Waals surface area contributed by atoms with Gasteiger partial charge in [0.25, 0.3) is 0 Å². The van der Waals surface area contributed by atoms with Gasteiger partial charge in [-0.05, 0) is 50.2 Å². The molecule has 8 heteroatoms. The maximum Gasteiger partial charge on any atom is 0.316 e. The first kappa shape index (κ1) is 25.6. The third-order valence-corrected chi connectivity index (χ3v) is 7.57. The highest BCUT2D eigenvalue weighted by Crippen LogP contribution is 2.30. The van der Waals surface area contributed by atoms with Crippen molar-refractivity contribution in [1.29, 1.82) is 0 Å². The summed E-state index contributed by atoms with van der Waals surface area (Å²) in [5.41, 5.74) is 0.263. The van der Waals surface area contributed by atoms with E-state index in [2.05, 4.69) is 35.5 Å². The molecular formula is C25H37FN4O2S. The normalized spacial score (nSPS) is 18.5. The van der Waals surface area contributed by atoms with Crippen molar-refractivity contribution in [2.24, 2.45) is 5.92 Å². The van der Waals surface area contributed by atoms with E-state index in [-0.39, 0.29) is 17.5 Å². The molecule has 0 saturated heterocycles. The van der Waals surface area contributed by atoms with E-state index in [4.69, 9.17) is 4.74 Å². The molecule has 0 unspecified atom stereocenters. The predicted molar refractivity (Wildman–Crippen MR) is 135 cm³/mol. The van der Waals surface area contributed by atoms with E-state index >= 15 is 0 Å². The second-order valence-electron chi connectivity index (χ2n) is 8.51. The number of ether oxygens (including phenoxy) is 1. The Hall–Kier alpha value is -2.06. The number of benzene rings is 1. The van der Waals surface area contributed by atoms with Gasteiger partial charge in [-0.1, -0.05) is 51.3 Å². The summed E-state index contributed by atoms with van der Waals surface area (Å²) in [6, 6.07) is 6.17. The van der Waals surface area contributed by atoms with Crippen LogP contribution < -0.4 is 15.6 Å². The zero-order valence-corrected chi connectivity index (χ0v) is 20.9. The summed E-state index contributed by atoms with van der Waals surface area (Å²) in [5.74, 6) is 1.56. The van der Waals surface area contributed by atoms with Crippen molar-refractivity contribution in [3.05, 3.63) is 46.6 Å². The van der Waals surface area contributed by atoms with Gasteiger partial charge in [0.1, 0.15) is 17.2 Å².